The van der Waals surface area contributed by atoms with Gasteiger partial charge >= 0.3 is 5.97 Å². The van der Waals surface area contributed by atoms with Gasteiger partial charge in [0.25, 0.3) is 0 Å². The molecule has 4 aromatic carbocycles. The third kappa shape index (κ3) is 6.56. The average molecular weight is 544 g/mol. The Labute approximate surface area is 239 Å². The van der Waals surface area contributed by atoms with E-state index in [9.17, 15) is 9.90 Å². The molecule has 5 aromatic rings. The van der Waals surface area contributed by atoms with Crippen molar-refractivity contribution in [2.45, 2.75) is 19.4 Å². The molecule has 1 aromatic heterocycles. The molecule has 1 saturated heterocycles. The van der Waals surface area contributed by atoms with E-state index in [2.05, 4.69) is 57.7 Å². The lowest BCUT2D eigenvalue weighted by Crippen LogP contribution is -2.18. The second-order valence-corrected chi connectivity index (χ2v) is 10.6. The maximum absolute atomic E-state index is 11.3. The quantitative estimate of drug-likeness (QED) is 0.193. The fourth-order valence-corrected chi connectivity index (χ4v) is 5.38. The Bertz CT molecular complexity index is 1700. The predicted molar refractivity (Wildman–Crippen MR) is 166 cm³/mol. The van der Waals surface area contributed by atoms with Gasteiger partial charge in [-0.1, -0.05) is 60.7 Å². The predicted octanol–water partition coefficient (Wildman–Crippen LogP) is 7.26. The lowest BCUT2D eigenvalue weighted by Gasteiger charge is -2.15. The molecule has 206 valence electrons. The molecule has 6 rings (SSSR count). The molecule has 6 nitrogen and oxygen atoms in total. The molecule has 0 radical (unpaired) electrons. The van der Waals surface area contributed by atoms with Gasteiger partial charge in [-0.05, 0) is 84.4 Å². The van der Waals surface area contributed by atoms with Crippen LogP contribution in [-0.4, -0.2) is 47.2 Å². The SMILES string of the molecule is O=C(O)c1ccc(C=C(CNc2cnc3ccc(CN4CCCC4)cc3c2)COc2cccc3ccccc23)cc1. The van der Waals surface area contributed by atoms with Crippen LogP contribution in [0, 0.1) is 0 Å². The lowest BCUT2D eigenvalue weighted by molar-refractivity contribution is 0.0697. The summed E-state index contributed by atoms with van der Waals surface area (Å²) in [6, 6.07) is 29.8. The summed E-state index contributed by atoms with van der Waals surface area (Å²) in [6.45, 7) is 4.25. The van der Waals surface area contributed by atoms with Gasteiger partial charge in [-0.25, -0.2) is 4.79 Å². The number of aromatic carboxylic acids is 1. The molecule has 2 N–H and O–H groups in total. The molecule has 6 heteroatoms. The fourth-order valence-electron chi connectivity index (χ4n) is 5.38. The summed E-state index contributed by atoms with van der Waals surface area (Å²) >= 11 is 0. The second-order valence-electron chi connectivity index (χ2n) is 10.6. The number of likely N-dealkylation sites (tertiary alicyclic amines) is 1. The normalized spacial score (nSPS) is 14.0. The van der Waals surface area contributed by atoms with Gasteiger partial charge in [-0.15, -0.1) is 0 Å². The maximum atomic E-state index is 11.3. The van der Waals surface area contributed by atoms with Crippen molar-refractivity contribution in [2.75, 3.05) is 31.6 Å². The highest BCUT2D eigenvalue weighted by molar-refractivity contribution is 5.89. The number of aromatic nitrogens is 1. The number of hydrogen-bond donors (Lipinski definition) is 2. The van der Waals surface area contributed by atoms with Gasteiger partial charge in [0.05, 0.1) is 23.0 Å². The number of nitrogens with one attached hydrogen (secondary N) is 1. The highest BCUT2D eigenvalue weighted by Gasteiger charge is 2.12. The van der Waals surface area contributed by atoms with E-state index in [0.717, 1.165) is 50.8 Å². The van der Waals surface area contributed by atoms with Gasteiger partial charge in [-0.2, -0.15) is 0 Å². The van der Waals surface area contributed by atoms with E-state index in [4.69, 9.17) is 4.74 Å². The van der Waals surface area contributed by atoms with Crippen LogP contribution in [0.2, 0.25) is 0 Å². The summed E-state index contributed by atoms with van der Waals surface area (Å²) in [4.78, 5) is 18.5. The van der Waals surface area contributed by atoms with Crippen LogP contribution in [-0.2, 0) is 6.54 Å². The smallest absolute Gasteiger partial charge is 0.335 e. The van der Waals surface area contributed by atoms with Gasteiger partial charge in [0, 0.05) is 23.9 Å². The zero-order valence-electron chi connectivity index (χ0n) is 22.9. The third-order valence-electron chi connectivity index (χ3n) is 7.56. The molecule has 0 atom stereocenters. The number of carboxylic acid groups (broad SMARTS) is 1. The Hall–Kier alpha value is -4.68. The number of fused-ring (bicyclic) bond motifs is 2. The molecule has 2 heterocycles. The van der Waals surface area contributed by atoms with Gasteiger partial charge in [0.1, 0.15) is 12.4 Å². The van der Waals surface area contributed by atoms with Crippen LogP contribution in [0.25, 0.3) is 27.8 Å². The number of ether oxygens (including phenoxy) is 1. The van der Waals surface area contributed by atoms with E-state index in [1.807, 2.05) is 48.7 Å². The molecule has 0 saturated carbocycles. The molecular weight excluding hydrogens is 510 g/mol. The zero-order valence-corrected chi connectivity index (χ0v) is 22.9. The third-order valence-corrected chi connectivity index (χ3v) is 7.56. The Morgan fingerprint density at radius 1 is 0.927 bits per heavy atom. The second kappa shape index (κ2) is 12.2. The Morgan fingerprint density at radius 2 is 1.73 bits per heavy atom. The van der Waals surface area contributed by atoms with Crippen molar-refractivity contribution >= 4 is 39.4 Å². The van der Waals surface area contributed by atoms with Gasteiger partial charge in [0.15, 0.2) is 0 Å². The summed E-state index contributed by atoms with van der Waals surface area (Å²) in [5.41, 5.74) is 5.43. The molecule has 1 aliphatic heterocycles. The maximum Gasteiger partial charge on any atom is 0.335 e. The van der Waals surface area contributed by atoms with Crippen molar-refractivity contribution in [3.05, 3.63) is 119 Å². The summed E-state index contributed by atoms with van der Waals surface area (Å²) < 4.78 is 6.33. The number of rotatable bonds is 10. The number of pyridine rings is 1. The zero-order chi connectivity index (χ0) is 28.0. The van der Waals surface area contributed by atoms with Crippen molar-refractivity contribution in [3.63, 3.8) is 0 Å². The number of benzene rings is 4. The highest BCUT2D eigenvalue weighted by atomic mass is 16.5. The number of hydrogen-bond acceptors (Lipinski definition) is 5. The molecule has 1 aliphatic rings. The minimum Gasteiger partial charge on any atom is -0.489 e. The van der Waals surface area contributed by atoms with Crippen LogP contribution in [0.15, 0.2) is 103 Å². The van der Waals surface area contributed by atoms with Crippen molar-refractivity contribution in [3.8, 4) is 5.75 Å². The first kappa shape index (κ1) is 26.5. The first-order valence-corrected chi connectivity index (χ1v) is 14.1. The summed E-state index contributed by atoms with van der Waals surface area (Å²) in [5, 5.41) is 16.1. The first-order chi connectivity index (χ1) is 20.1. The number of carbonyl (C=O) groups is 1. The van der Waals surface area contributed by atoms with E-state index in [1.54, 1.807) is 12.1 Å². The first-order valence-electron chi connectivity index (χ1n) is 14.1. The highest BCUT2D eigenvalue weighted by Crippen LogP contribution is 2.26. The Balaban J connectivity index is 1.22. The van der Waals surface area contributed by atoms with Crippen LogP contribution < -0.4 is 10.1 Å². The standard InChI is InChI=1S/C35H33N3O3/c39-35(40)29-13-10-25(11-14-29)18-27(24-41-34-9-5-7-28-6-1-2-8-32(28)34)21-36-31-20-30-19-26(12-15-33(30)37-22-31)23-38-16-3-4-17-38/h1-2,5-15,18-20,22,36H,3-4,16-17,21,23-24H2,(H,39,40). The minimum absolute atomic E-state index is 0.264. The summed E-state index contributed by atoms with van der Waals surface area (Å²) in [6.07, 6.45) is 6.49. The van der Waals surface area contributed by atoms with E-state index >= 15 is 0 Å². The van der Waals surface area contributed by atoms with E-state index in [1.165, 1.54) is 31.5 Å². The largest absolute Gasteiger partial charge is 0.489 e. The van der Waals surface area contributed by atoms with Gasteiger partial charge in [-0.3, -0.25) is 9.88 Å². The van der Waals surface area contributed by atoms with Crippen LogP contribution in [0.1, 0.15) is 34.3 Å². The average Bonchev–Trinajstić information content (AvgIpc) is 3.51. The topological polar surface area (TPSA) is 74.7 Å². The van der Waals surface area contributed by atoms with Crippen LogP contribution in [0.4, 0.5) is 5.69 Å². The molecule has 0 unspecified atom stereocenters. The van der Waals surface area contributed by atoms with E-state index < -0.39 is 5.97 Å². The van der Waals surface area contributed by atoms with Crippen LogP contribution in [0.3, 0.4) is 0 Å². The van der Waals surface area contributed by atoms with Crippen LogP contribution >= 0.6 is 0 Å². The van der Waals surface area contributed by atoms with Crippen molar-refractivity contribution in [1.82, 2.24) is 9.88 Å². The summed E-state index contributed by atoms with van der Waals surface area (Å²) in [7, 11) is 0. The molecule has 0 bridgehead atoms. The lowest BCUT2D eigenvalue weighted by atomic mass is 10.1. The molecule has 1 fully saturated rings. The number of anilines is 1. The van der Waals surface area contributed by atoms with E-state index in [-0.39, 0.29) is 5.56 Å². The number of carboxylic acids is 1. The van der Waals surface area contributed by atoms with E-state index in [0.29, 0.717) is 13.2 Å². The van der Waals surface area contributed by atoms with Gasteiger partial charge in [0.2, 0.25) is 0 Å². The number of nitrogens with zero attached hydrogens (tertiary/aromatic N) is 2. The molecule has 0 amide bonds. The molecule has 0 spiro atoms. The van der Waals surface area contributed by atoms with Crippen molar-refractivity contribution < 1.29 is 14.6 Å². The Kier molecular flexibility index (Phi) is 7.92. The molecule has 41 heavy (non-hydrogen) atoms. The van der Waals surface area contributed by atoms with Crippen molar-refractivity contribution in [2.24, 2.45) is 0 Å². The molecule has 0 aliphatic carbocycles. The fraction of sp³-hybridized carbons (Fsp3) is 0.200. The monoisotopic (exact) mass is 543 g/mol. The summed E-state index contributed by atoms with van der Waals surface area (Å²) in [5.74, 6) is -0.109. The molecular formula is C35H33N3O3. The van der Waals surface area contributed by atoms with Crippen molar-refractivity contribution in [1.29, 1.82) is 0 Å². The minimum atomic E-state index is -0.936. The Morgan fingerprint density at radius 3 is 2.56 bits per heavy atom. The van der Waals surface area contributed by atoms with Crippen LogP contribution in [0.5, 0.6) is 5.75 Å². The van der Waals surface area contributed by atoms with Gasteiger partial charge < -0.3 is 15.2 Å².